The van der Waals surface area contributed by atoms with E-state index in [9.17, 15) is 4.79 Å². The van der Waals surface area contributed by atoms with Crippen molar-refractivity contribution in [2.24, 2.45) is 0 Å². The Balaban J connectivity index is 1.58. The monoisotopic (exact) mass is 496 g/mol. The number of hydrogen-bond donors (Lipinski definition) is 0. The molecule has 0 aliphatic heterocycles. The van der Waals surface area contributed by atoms with Gasteiger partial charge in [-0.1, -0.05) is 39.4 Å². The second-order valence-corrected chi connectivity index (χ2v) is 8.72. The van der Waals surface area contributed by atoms with Gasteiger partial charge in [-0.2, -0.15) is 0 Å². The number of thiazole rings is 1. The van der Waals surface area contributed by atoms with E-state index in [4.69, 9.17) is 13.6 Å². The minimum Gasteiger partial charge on any atom is -0.490 e. The molecule has 3 heterocycles. The van der Waals surface area contributed by atoms with Crippen molar-refractivity contribution in [3.63, 3.8) is 0 Å². The van der Waals surface area contributed by atoms with Crippen LogP contribution in [0.2, 0.25) is 0 Å². The number of benzene rings is 2. The average molecular weight is 497 g/mol. The first-order valence-corrected chi connectivity index (χ1v) is 11.3. The van der Waals surface area contributed by atoms with Gasteiger partial charge in [0.15, 0.2) is 22.2 Å². The summed E-state index contributed by atoms with van der Waals surface area (Å²) >= 11 is 4.93. The van der Waals surface area contributed by atoms with E-state index in [1.165, 1.54) is 11.3 Å². The Bertz CT molecular complexity index is 1370. The number of aromatic nitrogens is 1. The van der Waals surface area contributed by atoms with Gasteiger partial charge in [-0.25, -0.2) is 4.98 Å². The minimum atomic E-state index is -0.298. The molecule has 0 saturated heterocycles. The van der Waals surface area contributed by atoms with Crippen LogP contribution in [0.15, 0.2) is 74.2 Å². The Kier molecular flexibility index (Phi) is 5.25. The number of anilines is 1. The number of nitrogens with zero attached hydrogens (tertiary/aromatic N) is 2. The van der Waals surface area contributed by atoms with E-state index >= 15 is 0 Å². The van der Waals surface area contributed by atoms with Crippen LogP contribution in [0.3, 0.4) is 0 Å². The highest BCUT2D eigenvalue weighted by Crippen LogP contribution is 2.34. The Morgan fingerprint density at radius 1 is 1.19 bits per heavy atom. The van der Waals surface area contributed by atoms with Crippen molar-refractivity contribution >= 4 is 59.5 Å². The summed E-state index contributed by atoms with van der Waals surface area (Å²) in [4.78, 5) is 19.8. The van der Waals surface area contributed by atoms with E-state index in [0.717, 1.165) is 20.1 Å². The van der Waals surface area contributed by atoms with Gasteiger partial charge >= 0.3 is 0 Å². The lowest BCUT2D eigenvalue weighted by Crippen LogP contribution is -2.29. The first-order chi connectivity index (χ1) is 15.1. The van der Waals surface area contributed by atoms with E-state index in [0.29, 0.717) is 28.8 Å². The Hall–Kier alpha value is -3.10. The van der Waals surface area contributed by atoms with Crippen LogP contribution in [0.5, 0.6) is 5.75 Å². The van der Waals surface area contributed by atoms with Gasteiger partial charge in [-0.15, -0.1) is 0 Å². The molecule has 0 unspecified atom stereocenters. The molecule has 0 fully saturated rings. The lowest BCUT2D eigenvalue weighted by Gasteiger charge is -2.17. The van der Waals surface area contributed by atoms with Crippen LogP contribution >= 0.6 is 27.3 Å². The van der Waals surface area contributed by atoms with Crippen molar-refractivity contribution in [3.8, 4) is 5.75 Å². The van der Waals surface area contributed by atoms with Crippen molar-refractivity contribution in [3.05, 3.63) is 76.9 Å². The van der Waals surface area contributed by atoms with Crippen LogP contribution in [0.1, 0.15) is 23.2 Å². The summed E-state index contributed by atoms with van der Waals surface area (Å²) in [7, 11) is 0. The standard InChI is InChI=1S/C23H17BrN2O4S/c1-2-28-18-7-3-5-14-11-19(30-21(14)18)22(27)26(13-16-6-4-10-29-16)23-25-17-9-8-15(24)12-20(17)31-23/h3-12H,2,13H2,1H3. The highest BCUT2D eigenvalue weighted by molar-refractivity contribution is 9.10. The summed E-state index contributed by atoms with van der Waals surface area (Å²) < 4.78 is 19.0. The molecule has 156 valence electrons. The van der Waals surface area contributed by atoms with Crippen molar-refractivity contribution in [2.45, 2.75) is 13.5 Å². The van der Waals surface area contributed by atoms with E-state index < -0.39 is 0 Å². The molecule has 0 atom stereocenters. The van der Waals surface area contributed by atoms with E-state index in [2.05, 4.69) is 20.9 Å². The number of carbonyl (C=O) groups is 1. The number of ether oxygens (including phenoxy) is 1. The SMILES string of the molecule is CCOc1cccc2cc(C(=O)N(Cc3ccco3)c3nc4ccc(Br)cc4s3)oc12. The van der Waals surface area contributed by atoms with Crippen LogP contribution in [0.25, 0.3) is 21.2 Å². The zero-order chi connectivity index (χ0) is 21.4. The van der Waals surface area contributed by atoms with E-state index in [-0.39, 0.29) is 18.2 Å². The van der Waals surface area contributed by atoms with Gasteiger partial charge in [0, 0.05) is 9.86 Å². The number of rotatable bonds is 6. The van der Waals surface area contributed by atoms with Crippen LogP contribution in [-0.4, -0.2) is 17.5 Å². The number of para-hydroxylation sites is 1. The van der Waals surface area contributed by atoms with Crippen molar-refractivity contribution in [1.82, 2.24) is 4.98 Å². The third kappa shape index (κ3) is 3.84. The molecule has 0 bridgehead atoms. The summed E-state index contributed by atoms with van der Waals surface area (Å²) in [5.74, 6) is 1.18. The molecule has 3 aromatic heterocycles. The zero-order valence-electron chi connectivity index (χ0n) is 16.5. The maximum Gasteiger partial charge on any atom is 0.296 e. The quantitative estimate of drug-likeness (QED) is 0.263. The van der Waals surface area contributed by atoms with Crippen LogP contribution in [-0.2, 0) is 6.54 Å². The molecular weight excluding hydrogens is 480 g/mol. The second-order valence-electron chi connectivity index (χ2n) is 6.80. The largest absolute Gasteiger partial charge is 0.490 e. The Labute approximate surface area is 190 Å². The van der Waals surface area contributed by atoms with Gasteiger partial charge in [0.2, 0.25) is 0 Å². The lowest BCUT2D eigenvalue weighted by molar-refractivity contribution is 0.0958. The smallest absolute Gasteiger partial charge is 0.296 e. The molecule has 2 aromatic carbocycles. The van der Waals surface area contributed by atoms with Gasteiger partial charge in [0.05, 0.1) is 29.6 Å². The Morgan fingerprint density at radius 2 is 2.10 bits per heavy atom. The summed E-state index contributed by atoms with van der Waals surface area (Å²) in [6.07, 6.45) is 1.59. The van der Waals surface area contributed by atoms with Gasteiger partial charge in [0.1, 0.15) is 5.76 Å². The van der Waals surface area contributed by atoms with Gasteiger partial charge < -0.3 is 13.6 Å². The summed E-state index contributed by atoms with van der Waals surface area (Å²) in [5, 5.41) is 1.38. The van der Waals surface area contributed by atoms with Gasteiger partial charge in [-0.05, 0) is 49.4 Å². The molecule has 0 N–H and O–H groups in total. The number of furan rings is 2. The third-order valence-electron chi connectivity index (χ3n) is 4.73. The highest BCUT2D eigenvalue weighted by Gasteiger charge is 2.26. The third-order valence-corrected chi connectivity index (χ3v) is 6.26. The molecule has 0 radical (unpaired) electrons. The number of amides is 1. The predicted octanol–water partition coefficient (Wildman–Crippen LogP) is 6.64. The molecule has 0 saturated carbocycles. The summed E-state index contributed by atoms with van der Waals surface area (Å²) in [6.45, 7) is 2.65. The predicted molar refractivity (Wildman–Crippen MR) is 124 cm³/mol. The van der Waals surface area contributed by atoms with Crippen molar-refractivity contribution in [2.75, 3.05) is 11.5 Å². The molecule has 0 aliphatic carbocycles. The molecule has 0 spiro atoms. The van der Waals surface area contributed by atoms with Gasteiger partial charge in [-0.3, -0.25) is 9.69 Å². The number of halogens is 1. The number of carbonyl (C=O) groups excluding carboxylic acids is 1. The van der Waals surface area contributed by atoms with Gasteiger partial charge in [0.25, 0.3) is 5.91 Å². The molecule has 5 aromatic rings. The minimum absolute atomic E-state index is 0.217. The fourth-order valence-electron chi connectivity index (χ4n) is 3.33. The first kappa shape index (κ1) is 19.8. The lowest BCUT2D eigenvalue weighted by atomic mass is 10.2. The molecule has 1 amide bonds. The Morgan fingerprint density at radius 3 is 2.90 bits per heavy atom. The van der Waals surface area contributed by atoms with Crippen molar-refractivity contribution in [1.29, 1.82) is 0 Å². The fraction of sp³-hybridized carbons (Fsp3) is 0.130. The molecule has 0 aliphatic rings. The maximum absolute atomic E-state index is 13.6. The average Bonchev–Trinajstić information content (AvgIpc) is 3.50. The molecule has 8 heteroatoms. The van der Waals surface area contributed by atoms with Crippen LogP contribution in [0, 0.1) is 0 Å². The van der Waals surface area contributed by atoms with Crippen LogP contribution < -0.4 is 9.64 Å². The molecular formula is C23H17BrN2O4S. The first-order valence-electron chi connectivity index (χ1n) is 9.68. The summed E-state index contributed by atoms with van der Waals surface area (Å²) in [5.41, 5.74) is 1.38. The fourth-order valence-corrected chi connectivity index (χ4v) is 4.85. The highest BCUT2D eigenvalue weighted by atomic mass is 79.9. The maximum atomic E-state index is 13.6. The van der Waals surface area contributed by atoms with Crippen molar-refractivity contribution < 1.29 is 18.4 Å². The normalized spacial score (nSPS) is 11.3. The zero-order valence-corrected chi connectivity index (χ0v) is 18.9. The number of hydrogen-bond acceptors (Lipinski definition) is 6. The molecule has 5 rings (SSSR count). The second kappa shape index (κ2) is 8.20. The summed E-state index contributed by atoms with van der Waals surface area (Å²) in [6, 6.07) is 16.8. The topological polar surface area (TPSA) is 68.7 Å². The van der Waals surface area contributed by atoms with E-state index in [1.807, 2.05) is 49.4 Å². The molecule has 31 heavy (non-hydrogen) atoms. The van der Waals surface area contributed by atoms with Crippen LogP contribution in [0.4, 0.5) is 5.13 Å². The van der Waals surface area contributed by atoms with E-state index in [1.54, 1.807) is 23.3 Å². The molecule has 6 nitrogen and oxygen atoms in total. The number of fused-ring (bicyclic) bond motifs is 2.